The van der Waals surface area contributed by atoms with Crippen molar-refractivity contribution >= 4 is 51.9 Å². The topological polar surface area (TPSA) is 49.4 Å². The van der Waals surface area contributed by atoms with Crippen molar-refractivity contribution in [2.75, 3.05) is 11.9 Å². The number of unbranched alkanes of at least 4 members (excludes halogenated alkanes) is 2. The molecule has 1 fully saturated rings. The van der Waals surface area contributed by atoms with Crippen molar-refractivity contribution in [3.63, 3.8) is 0 Å². The summed E-state index contributed by atoms with van der Waals surface area (Å²) in [6.07, 6.45) is 4.84. The van der Waals surface area contributed by atoms with Crippen LogP contribution < -0.4 is 5.32 Å². The number of amides is 2. The van der Waals surface area contributed by atoms with Gasteiger partial charge in [0.05, 0.1) is 4.91 Å². The second-order valence-corrected chi connectivity index (χ2v) is 9.14. The first-order chi connectivity index (χ1) is 14.4. The van der Waals surface area contributed by atoms with Gasteiger partial charge in [-0.05, 0) is 50.5 Å². The van der Waals surface area contributed by atoms with Crippen LogP contribution in [0.5, 0.6) is 0 Å². The van der Waals surface area contributed by atoms with Crippen molar-refractivity contribution in [1.82, 2.24) is 4.90 Å². The lowest BCUT2D eigenvalue weighted by Crippen LogP contribution is -2.29. The maximum atomic E-state index is 12.7. The van der Waals surface area contributed by atoms with E-state index in [1.165, 1.54) is 17.3 Å². The van der Waals surface area contributed by atoms with Crippen LogP contribution in [-0.4, -0.2) is 27.6 Å². The molecule has 1 heterocycles. The van der Waals surface area contributed by atoms with E-state index in [0.717, 1.165) is 36.1 Å². The Bertz CT molecular complexity index is 950. The highest BCUT2D eigenvalue weighted by Gasteiger charge is 2.31. The molecule has 0 unspecified atom stereocenters. The zero-order valence-electron chi connectivity index (χ0n) is 17.3. The average molecular weight is 439 g/mol. The van der Waals surface area contributed by atoms with Gasteiger partial charge in [0.15, 0.2) is 0 Å². The number of rotatable bonds is 8. The number of anilines is 1. The summed E-state index contributed by atoms with van der Waals surface area (Å²) in [7, 11) is 0. The van der Waals surface area contributed by atoms with Gasteiger partial charge in [-0.1, -0.05) is 77.9 Å². The van der Waals surface area contributed by atoms with E-state index in [1.54, 1.807) is 4.90 Å². The molecule has 0 radical (unpaired) electrons. The fourth-order valence-corrected chi connectivity index (χ4v) is 4.41. The van der Waals surface area contributed by atoms with Gasteiger partial charge >= 0.3 is 0 Å². The maximum Gasteiger partial charge on any atom is 0.266 e. The lowest BCUT2D eigenvalue weighted by Gasteiger charge is -2.14. The van der Waals surface area contributed by atoms with Gasteiger partial charge in [-0.25, -0.2) is 0 Å². The summed E-state index contributed by atoms with van der Waals surface area (Å²) in [5.41, 5.74) is 4.17. The number of nitrogens with zero attached hydrogens (tertiary/aromatic N) is 1. The normalized spacial score (nSPS) is 15.1. The largest absolute Gasteiger partial charge is 0.326 e. The monoisotopic (exact) mass is 438 g/mol. The quantitative estimate of drug-likeness (QED) is 0.326. The van der Waals surface area contributed by atoms with Crippen molar-refractivity contribution in [3.05, 3.63) is 70.1 Å². The van der Waals surface area contributed by atoms with Gasteiger partial charge in [0.1, 0.15) is 4.32 Å². The molecule has 4 nitrogen and oxygen atoms in total. The van der Waals surface area contributed by atoms with E-state index in [1.807, 2.05) is 68.5 Å². The molecule has 0 spiro atoms. The van der Waals surface area contributed by atoms with E-state index in [-0.39, 0.29) is 11.8 Å². The average Bonchev–Trinajstić information content (AvgIpc) is 2.98. The van der Waals surface area contributed by atoms with Crippen molar-refractivity contribution in [2.24, 2.45) is 0 Å². The summed E-state index contributed by atoms with van der Waals surface area (Å²) in [4.78, 5) is 27.1. The minimum Gasteiger partial charge on any atom is -0.326 e. The van der Waals surface area contributed by atoms with E-state index < -0.39 is 0 Å². The molecule has 2 aromatic carbocycles. The summed E-state index contributed by atoms with van der Waals surface area (Å²) in [6, 6.07) is 15.8. The number of hydrogen-bond acceptors (Lipinski definition) is 4. The standard InChI is InChI=1S/C24H26N2O2S2/c1-17-7-11-19(12-8-17)16-21-23(28)26(24(29)30-21)15-5-3-4-6-22(27)25-20-13-9-18(2)10-14-20/h7-14,16H,3-6,15H2,1-2H3,(H,25,27). The molecule has 0 bridgehead atoms. The molecule has 0 saturated carbocycles. The third kappa shape index (κ3) is 6.28. The molecular formula is C24H26N2O2S2. The Morgan fingerprint density at radius 1 is 1.00 bits per heavy atom. The molecule has 3 rings (SSSR count). The number of thioether (sulfide) groups is 1. The summed E-state index contributed by atoms with van der Waals surface area (Å²) < 4.78 is 0.607. The molecule has 0 aliphatic carbocycles. The molecule has 6 heteroatoms. The van der Waals surface area contributed by atoms with Gasteiger partial charge in [-0.2, -0.15) is 0 Å². The third-order valence-electron chi connectivity index (χ3n) is 4.87. The summed E-state index contributed by atoms with van der Waals surface area (Å²) in [6.45, 7) is 4.65. The van der Waals surface area contributed by atoms with E-state index >= 15 is 0 Å². The van der Waals surface area contributed by atoms with Crippen LogP contribution in [-0.2, 0) is 9.59 Å². The van der Waals surface area contributed by atoms with Crippen LogP contribution in [0.4, 0.5) is 5.69 Å². The highest BCUT2D eigenvalue weighted by molar-refractivity contribution is 8.26. The Hall–Kier alpha value is -2.44. The zero-order chi connectivity index (χ0) is 21.5. The van der Waals surface area contributed by atoms with Crippen LogP contribution in [0, 0.1) is 13.8 Å². The lowest BCUT2D eigenvalue weighted by molar-refractivity contribution is -0.122. The van der Waals surface area contributed by atoms with Gasteiger partial charge in [0, 0.05) is 18.7 Å². The molecule has 0 atom stereocenters. The predicted octanol–water partition coefficient (Wildman–Crippen LogP) is 5.70. The Balaban J connectivity index is 1.40. The number of carbonyl (C=O) groups excluding carboxylic acids is 2. The number of nitrogens with one attached hydrogen (secondary N) is 1. The minimum atomic E-state index is -0.0253. The third-order valence-corrected chi connectivity index (χ3v) is 6.25. The van der Waals surface area contributed by atoms with Gasteiger partial charge in [0.25, 0.3) is 5.91 Å². The summed E-state index contributed by atoms with van der Waals surface area (Å²) >= 11 is 6.75. The van der Waals surface area contributed by atoms with E-state index in [0.29, 0.717) is 22.2 Å². The van der Waals surface area contributed by atoms with Gasteiger partial charge < -0.3 is 5.32 Å². The molecule has 2 amide bonds. The number of benzene rings is 2. The van der Waals surface area contributed by atoms with Crippen molar-refractivity contribution < 1.29 is 9.59 Å². The first kappa shape index (κ1) is 22.2. The number of carbonyl (C=O) groups is 2. The fraction of sp³-hybridized carbons (Fsp3) is 0.292. The lowest BCUT2D eigenvalue weighted by atomic mass is 10.1. The van der Waals surface area contributed by atoms with Crippen LogP contribution in [0.25, 0.3) is 6.08 Å². The second-order valence-electron chi connectivity index (χ2n) is 7.47. The highest BCUT2D eigenvalue weighted by Crippen LogP contribution is 2.32. The smallest absolute Gasteiger partial charge is 0.266 e. The molecule has 156 valence electrons. The Morgan fingerprint density at radius 3 is 2.30 bits per heavy atom. The minimum absolute atomic E-state index is 0.0190. The predicted molar refractivity (Wildman–Crippen MR) is 129 cm³/mol. The molecule has 1 aliphatic rings. The number of hydrogen-bond donors (Lipinski definition) is 1. The molecule has 1 saturated heterocycles. The van der Waals surface area contributed by atoms with Gasteiger partial charge in [0.2, 0.25) is 5.91 Å². The van der Waals surface area contributed by atoms with Crippen LogP contribution in [0.3, 0.4) is 0 Å². The van der Waals surface area contributed by atoms with Crippen LogP contribution in [0.1, 0.15) is 42.4 Å². The SMILES string of the molecule is Cc1ccc(C=C2SC(=S)N(CCCCCC(=O)Nc3ccc(C)cc3)C2=O)cc1. The van der Waals surface area contributed by atoms with Crippen LogP contribution in [0.15, 0.2) is 53.4 Å². The highest BCUT2D eigenvalue weighted by atomic mass is 32.2. The molecule has 0 aromatic heterocycles. The second kappa shape index (κ2) is 10.5. The first-order valence-corrected chi connectivity index (χ1v) is 11.3. The molecule has 2 aromatic rings. The zero-order valence-corrected chi connectivity index (χ0v) is 18.9. The van der Waals surface area contributed by atoms with Crippen LogP contribution in [0.2, 0.25) is 0 Å². The number of thiocarbonyl (C=S) groups is 1. The Kier molecular flexibility index (Phi) is 7.82. The molecule has 30 heavy (non-hydrogen) atoms. The van der Waals surface area contributed by atoms with E-state index in [2.05, 4.69) is 5.32 Å². The van der Waals surface area contributed by atoms with Crippen molar-refractivity contribution in [2.45, 2.75) is 39.5 Å². The number of aryl methyl sites for hydroxylation is 2. The van der Waals surface area contributed by atoms with Gasteiger partial charge in [-0.15, -0.1) is 0 Å². The Labute approximate surface area is 187 Å². The molecule has 1 N–H and O–H groups in total. The van der Waals surface area contributed by atoms with E-state index in [4.69, 9.17) is 12.2 Å². The molecule has 1 aliphatic heterocycles. The molecular weight excluding hydrogens is 412 g/mol. The Morgan fingerprint density at radius 2 is 1.63 bits per heavy atom. The van der Waals surface area contributed by atoms with Crippen molar-refractivity contribution in [3.8, 4) is 0 Å². The van der Waals surface area contributed by atoms with Crippen molar-refractivity contribution in [1.29, 1.82) is 0 Å². The summed E-state index contributed by atoms with van der Waals surface area (Å²) in [5, 5.41) is 2.91. The fourth-order valence-electron chi connectivity index (χ4n) is 3.10. The van der Waals surface area contributed by atoms with Gasteiger partial charge in [-0.3, -0.25) is 14.5 Å². The maximum absolute atomic E-state index is 12.7. The van der Waals surface area contributed by atoms with E-state index in [9.17, 15) is 9.59 Å². The first-order valence-electron chi connectivity index (χ1n) is 10.1. The van der Waals surface area contributed by atoms with Crippen LogP contribution >= 0.6 is 24.0 Å². The summed E-state index contributed by atoms with van der Waals surface area (Å²) in [5.74, 6) is -0.00631.